The molecule has 0 heterocycles. The van der Waals surface area contributed by atoms with Gasteiger partial charge in [-0.25, -0.2) is 0 Å². The van der Waals surface area contributed by atoms with Crippen molar-refractivity contribution < 1.29 is 19.0 Å². The molecule has 0 atom stereocenters. The summed E-state index contributed by atoms with van der Waals surface area (Å²) in [6.07, 6.45) is 1.85. The molecule has 2 aromatic carbocycles. The Balaban J connectivity index is 1.67. The highest BCUT2D eigenvalue weighted by atomic mass is 16.5. The molecule has 0 N–H and O–H groups in total. The van der Waals surface area contributed by atoms with Crippen molar-refractivity contribution in [1.82, 2.24) is 0 Å². The Bertz CT molecular complexity index is 647. The van der Waals surface area contributed by atoms with E-state index in [1.165, 1.54) is 0 Å². The summed E-state index contributed by atoms with van der Waals surface area (Å²) in [5, 5.41) is 0. The van der Waals surface area contributed by atoms with Crippen LogP contribution in [0.4, 0.5) is 0 Å². The Kier molecular flexibility index (Phi) is 4.28. The average Bonchev–Trinajstić information content (AvgIpc) is 3.39. The van der Waals surface area contributed by atoms with Gasteiger partial charge in [-0.15, -0.1) is 0 Å². The molecule has 0 amide bonds. The first kappa shape index (κ1) is 14.4. The lowest BCUT2D eigenvalue weighted by Gasteiger charge is -2.12. The third kappa shape index (κ3) is 3.58. The number of rotatable bonds is 6. The number of methoxy groups -OCH3 is 1. The number of carbonyl (C=O) groups is 1. The van der Waals surface area contributed by atoms with E-state index in [-0.39, 0.29) is 11.9 Å². The normalized spacial score (nSPS) is 13.5. The molecule has 0 bridgehead atoms. The number of esters is 1. The van der Waals surface area contributed by atoms with Crippen molar-refractivity contribution in [3.05, 3.63) is 54.1 Å². The molecule has 22 heavy (non-hydrogen) atoms. The summed E-state index contributed by atoms with van der Waals surface area (Å²) in [5.74, 6) is 1.57. The van der Waals surface area contributed by atoms with Gasteiger partial charge >= 0.3 is 5.97 Å². The van der Waals surface area contributed by atoms with Crippen LogP contribution < -0.4 is 14.2 Å². The molecule has 114 valence electrons. The highest BCUT2D eigenvalue weighted by Gasteiger charge is 2.31. The fourth-order valence-corrected chi connectivity index (χ4v) is 2.08. The summed E-state index contributed by atoms with van der Waals surface area (Å²) in [7, 11) is 1.57. The van der Waals surface area contributed by atoms with E-state index in [9.17, 15) is 4.79 Å². The summed E-state index contributed by atoms with van der Waals surface area (Å²) >= 11 is 0. The molecule has 0 aromatic heterocycles. The second-order valence-corrected chi connectivity index (χ2v) is 5.28. The van der Waals surface area contributed by atoms with Crippen LogP contribution in [0.2, 0.25) is 0 Å². The van der Waals surface area contributed by atoms with Crippen LogP contribution in [0.3, 0.4) is 0 Å². The largest absolute Gasteiger partial charge is 0.493 e. The Morgan fingerprint density at radius 2 is 1.86 bits per heavy atom. The second-order valence-electron chi connectivity index (χ2n) is 5.28. The predicted octanol–water partition coefficient (Wildman–Crippen LogP) is 3.59. The first-order chi connectivity index (χ1) is 10.8. The lowest BCUT2D eigenvalue weighted by molar-refractivity contribution is -0.135. The zero-order chi connectivity index (χ0) is 15.4. The molecule has 3 rings (SSSR count). The summed E-state index contributed by atoms with van der Waals surface area (Å²) in [6.45, 7) is 0.457. The minimum Gasteiger partial charge on any atom is -0.493 e. The third-order valence-corrected chi connectivity index (χ3v) is 3.50. The number of hydrogen-bond donors (Lipinski definition) is 0. The molecule has 0 unspecified atom stereocenters. The van der Waals surface area contributed by atoms with Crippen molar-refractivity contribution >= 4 is 5.97 Å². The van der Waals surface area contributed by atoms with Crippen LogP contribution in [0.15, 0.2) is 48.5 Å². The van der Waals surface area contributed by atoms with Gasteiger partial charge in [0.05, 0.1) is 13.0 Å². The van der Waals surface area contributed by atoms with Crippen LogP contribution in [-0.4, -0.2) is 13.1 Å². The Labute approximate surface area is 129 Å². The molecular weight excluding hydrogens is 280 g/mol. The Morgan fingerprint density at radius 1 is 1.09 bits per heavy atom. The molecule has 4 nitrogen and oxygen atoms in total. The highest BCUT2D eigenvalue weighted by Crippen LogP contribution is 2.34. The maximum atomic E-state index is 11.7. The summed E-state index contributed by atoms with van der Waals surface area (Å²) < 4.78 is 16.4. The number of carbonyl (C=O) groups excluding carboxylic acids is 1. The van der Waals surface area contributed by atoms with Gasteiger partial charge in [-0.05, 0) is 30.5 Å². The average molecular weight is 298 g/mol. The van der Waals surface area contributed by atoms with E-state index in [1.807, 2.05) is 30.3 Å². The van der Waals surface area contributed by atoms with Gasteiger partial charge in [0.1, 0.15) is 12.4 Å². The lowest BCUT2D eigenvalue weighted by atomic mass is 10.2. The van der Waals surface area contributed by atoms with Crippen molar-refractivity contribution in [1.29, 1.82) is 0 Å². The van der Waals surface area contributed by atoms with Gasteiger partial charge in [0.2, 0.25) is 0 Å². The third-order valence-electron chi connectivity index (χ3n) is 3.50. The Morgan fingerprint density at radius 3 is 2.55 bits per heavy atom. The van der Waals surface area contributed by atoms with Gasteiger partial charge in [-0.3, -0.25) is 4.79 Å². The smallest absolute Gasteiger partial charge is 0.314 e. The van der Waals surface area contributed by atoms with Gasteiger partial charge in [-0.2, -0.15) is 0 Å². The zero-order valence-corrected chi connectivity index (χ0v) is 12.5. The fraction of sp³-hybridized carbons (Fsp3) is 0.278. The molecule has 1 aliphatic rings. The van der Waals surface area contributed by atoms with E-state index < -0.39 is 0 Å². The molecule has 1 aliphatic carbocycles. The lowest BCUT2D eigenvalue weighted by Crippen LogP contribution is -2.09. The summed E-state index contributed by atoms with van der Waals surface area (Å²) in [6, 6.07) is 15.1. The van der Waals surface area contributed by atoms with Gasteiger partial charge in [0.15, 0.2) is 11.5 Å². The standard InChI is InChI=1S/C18H18O4/c1-20-17-11-15(22-18(19)14-7-8-14)9-10-16(17)21-12-13-5-3-2-4-6-13/h2-6,9-11,14H,7-8,12H2,1H3. The van der Waals surface area contributed by atoms with Crippen LogP contribution in [0.5, 0.6) is 17.2 Å². The predicted molar refractivity (Wildman–Crippen MR) is 82.1 cm³/mol. The van der Waals surface area contributed by atoms with Crippen molar-refractivity contribution in [2.24, 2.45) is 5.92 Å². The monoisotopic (exact) mass is 298 g/mol. The molecule has 2 aromatic rings. The molecule has 0 radical (unpaired) electrons. The molecule has 0 spiro atoms. The molecule has 0 aliphatic heterocycles. The maximum Gasteiger partial charge on any atom is 0.314 e. The van der Waals surface area contributed by atoms with E-state index in [4.69, 9.17) is 14.2 Å². The molecule has 0 saturated heterocycles. The van der Waals surface area contributed by atoms with E-state index in [0.717, 1.165) is 18.4 Å². The number of ether oxygens (including phenoxy) is 3. The summed E-state index contributed by atoms with van der Waals surface area (Å²) in [5.41, 5.74) is 1.08. The molecule has 1 saturated carbocycles. The Hall–Kier alpha value is -2.49. The van der Waals surface area contributed by atoms with Crippen molar-refractivity contribution in [2.75, 3.05) is 7.11 Å². The highest BCUT2D eigenvalue weighted by molar-refractivity contribution is 5.77. The van der Waals surface area contributed by atoms with Gasteiger partial charge in [0, 0.05) is 6.07 Å². The van der Waals surface area contributed by atoms with E-state index in [1.54, 1.807) is 25.3 Å². The maximum absolute atomic E-state index is 11.7. The number of hydrogen-bond acceptors (Lipinski definition) is 4. The van der Waals surface area contributed by atoms with E-state index >= 15 is 0 Å². The van der Waals surface area contributed by atoms with Crippen LogP contribution in [0.25, 0.3) is 0 Å². The minimum absolute atomic E-state index is 0.0694. The fourth-order valence-electron chi connectivity index (χ4n) is 2.08. The molecule has 1 fully saturated rings. The SMILES string of the molecule is COc1cc(OC(=O)C2CC2)ccc1OCc1ccccc1. The van der Waals surface area contributed by atoms with Crippen LogP contribution in [0, 0.1) is 5.92 Å². The van der Waals surface area contributed by atoms with Gasteiger partial charge in [-0.1, -0.05) is 30.3 Å². The van der Waals surface area contributed by atoms with Crippen molar-refractivity contribution in [2.45, 2.75) is 19.4 Å². The van der Waals surface area contributed by atoms with E-state index in [0.29, 0.717) is 23.9 Å². The number of benzene rings is 2. The first-order valence-electron chi connectivity index (χ1n) is 7.32. The van der Waals surface area contributed by atoms with Gasteiger partial charge in [0.25, 0.3) is 0 Å². The van der Waals surface area contributed by atoms with Crippen molar-refractivity contribution in [3.63, 3.8) is 0 Å². The molecule has 4 heteroatoms. The second kappa shape index (κ2) is 6.52. The minimum atomic E-state index is -0.167. The topological polar surface area (TPSA) is 44.8 Å². The first-order valence-corrected chi connectivity index (χ1v) is 7.32. The van der Waals surface area contributed by atoms with E-state index in [2.05, 4.69) is 0 Å². The quantitative estimate of drug-likeness (QED) is 0.604. The van der Waals surface area contributed by atoms with Crippen LogP contribution in [-0.2, 0) is 11.4 Å². The zero-order valence-electron chi connectivity index (χ0n) is 12.5. The van der Waals surface area contributed by atoms with Gasteiger partial charge < -0.3 is 14.2 Å². The molecular formula is C18H18O4. The van der Waals surface area contributed by atoms with Crippen LogP contribution in [0.1, 0.15) is 18.4 Å². The van der Waals surface area contributed by atoms with Crippen LogP contribution >= 0.6 is 0 Å². The van der Waals surface area contributed by atoms with Crippen molar-refractivity contribution in [3.8, 4) is 17.2 Å². The summed E-state index contributed by atoms with van der Waals surface area (Å²) in [4.78, 5) is 11.7.